The molecule has 44 heavy (non-hydrogen) atoms. The Morgan fingerprint density at radius 3 is 1.23 bits per heavy atom. The number of rotatable bonds is 1. The van der Waals surface area contributed by atoms with E-state index < -0.39 is 0 Å². The van der Waals surface area contributed by atoms with Crippen molar-refractivity contribution < 1.29 is 23.9 Å². The molecule has 0 bridgehead atoms. The molecule has 0 aromatic heterocycles. The first-order valence-corrected chi connectivity index (χ1v) is 17.9. The van der Waals surface area contributed by atoms with E-state index in [4.69, 9.17) is 0 Å². The van der Waals surface area contributed by atoms with E-state index in [1.54, 1.807) is 3.26 Å². The maximum absolute atomic E-state index is 2.37. The summed E-state index contributed by atoms with van der Waals surface area (Å²) in [5, 5.41) is 5.48. The van der Waals surface area contributed by atoms with Crippen LogP contribution in [0, 0.1) is 0 Å². The molecular formula is C43H56Hf. The van der Waals surface area contributed by atoms with Gasteiger partial charge in [-0.05, 0) is 21.7 Å². The van der Waals surface area contributed by atoms with Crippen molar-refractivity contribution in [2.45, 2.75) is 119 Å². The molecule has 0 amide bonds. The molecule has 5 aromatic rings. The first kappa shape index (κ1) is 36.1. The summed E-state index contributed by atoms with van der Waals surface area (Å²) in [7, 11) is 0. The molecule has 0 heterocycles. The summed E-state index contributed by atoms with van der Waals surface area (Å²) in [5.74, 6) is 0. The molecule has 232 valence electrons. The number of fused-ring (bicyclic) bond motifs is 3. The van der Waals surface area contributed by atoms with Crippen LogP contribution in [0.5, 0.6) is 0 Å². The van der Waals surface area contributed by atoms with Crippen LogP contribution in [0.1, 0.15) is 119 Å². The van der Waals surface area contributed by atoms with E-state index in [1.807, 2.05) is 0 Å². The van der Waals surface area contributed by atoms with Gasteiger partial charge in [-0.1, -0.05) is 153 Å². The van der Waals surface area contributed by atoms with E-state index >= 15 is 0 Å². The van der Waals surface area contributed by atoms with E-state index in [9.17, 15) is 0 Å². The third kappa shape index (κ3) is 9.56. The van der Waals surface area contributed by atoms with Crippen LogP contribution in [0.4, 0.5) is 0 Å². The fourth-order valence-corrected chi connectivity index (χ4v) is 5.18. The Morgan fingerprint density at radius 1 is 0.523 bits per heavy atom. The van der Waals surface area contributed by atoms with Crippen LogP contribution < -0.4 is 0 Å². The summed E-state index contributed by atoms with van der Waals surface area (Å²) < 4.78 is 1.56. The predicted octanol–water partition coefficient (Wildman–Crippen LogP) is 12.7. The van der Waals surface area contributed by atoms with Gasteiger partial charge in [-0.3, -0.25) is 0 Å². The summed E-state index contributed by atoms with van der Waals surface area (Å²) in [6, 6.07) is 31.8. The molecular weight excluding hydrogens is 695 g/mol. The van der Waals surface area contributed by atoms with Crippen molar-refractivity contribution in [2.75, 3.05) is 0 Å². The summed E-state index contributed by atoms with van der Waals surface area (Å²) in [4.78, 5) is 0. The predicted molar refractivity (Wildman–Crippen MR) is 196 cm³/mol. The van der Waals surface area contributed by atoms with Gasteiger partial charge in [-0.15, -0.1) is 45.8 Å². The zero-order chi connectivity index (χ0) is 33.3. The van der Waals surface area contributed by atoms with Crippen LogP contribution in [0.2, 0.25) is 0 Å². The standard InChI is InChI=1S/C21H25.C19H25.C3H6.Hf/c1-20(2,3)16-7-9-18-14(12-16)11-15-13-17(21(4,5)6)8-10-19(15)18;1-18(2,3)16-11-15(14-9-7-8-10-14)12-17(13-16)19(4,5)6;1-3-2;/h7-13H,1-6H3;7-13H,1-6H3;1-2H3;/q2*-1;;+2. The first-order valence-electron chi connectivity index (χ1n) is 16.1. The van der Waals surface area contributed by atoms with E-state index in [1.165, 1.54) is 78.8 Å². The molecule has 0 atom stereocenters. The van der Waals surface area contributed by atoms with Crippen molar-refractivity contribution in [3.8, 4) is 11.1 Å². The second-order valence-corrected chi connectivity index (χ2v) is 20.3. The van der Waals surface area contributed by atoms with Gasteiger partial charge in [0.2, 0.25) is 0 Å². The van der Waals surface area contributed by atoms with Crippen LogP contribution in [-0.2, 0) is 45.6 Å². The van der Waals surface area contributed by atoms with Crippen LogP contribution in [-0.4, -0.2) is 3.26 Å². The van der Waals surface area contributed by atoms with E-state index in [0.717, 1.165) is 0 Å². The van der Waals surface area contributed by atoms with Gasteiger partial charge in [0.05, 0.1) is 0 Å². The first-order chi connectivity index (χ1) is 20.1. The van der Waals surface area contributed by atoms with E-state index in [-0.39, 0.29) is 21.7 Å². The molecule has 0 spiro atoms. The molecule has 0 N–H and O–H groups in total. The SMILES string of the molecule is CC(C)(C)c1cc(-c2ccc[cH-]2)cc(C(C)(C)C)c1.CC(C)(C)c1ccc2c(c1)[cH-]c1cc(C(C)(C)C)ccc12.C[C](C)=[Hf+2]. The maximum atomic E-state index is 2.37. The van der Waals surface area contributed by atoms with Gasteiger partial charge in [0.15, 0.2) is 0 Å². The Labute approximate surface area is 284 Å². The van der Waals surface area contributed by atoms with Gasteiger partial charge in [0, 0.05) is 0 Å². The zero-order valence-electron chi connectivity index (χ0n) is 30.1. The van der Waals surface area contributed by atoms with Gasteiger partial charge in [-0.2, -0.15) is 23.8 Å². The Morgan fingerprint density at radius 2 is 0.909 bits per heavy atom. The summed E-state index contributed by atoms with van der Waals surface area (Å²) in [5.41, 5.74) is 9.06. The Balaban J connectivity index is 0.000000216. The van der Waals surface area contributed by atoms with Crippen molar-refractivity contribution in [2.24, 2.45) is 0 Å². The van der Waals surface area contributed by atoms with Crippen molar-refractivity contribution in [1.29, 1.82) is 0 Å². The number of benzene rings is 3. The molecule has 0 saturated carbocycles. The zero-order valence-corrected chi connectivity index (χ0v) is 33.7. The van der Waals surface area contributed by atoms with Gasteiger partial charge < -0.3 is 0 Å². The summed E-state index contributed by atoms with van der Waals surface area (Å²) >= 11 is 1.27. The van der Waals surface area contributed by atoms with Crippen LogP contribution in [0.15, 0.2) is 84.9 Å². The fourth-order valence-electron chi connectivity index (χ4n) is 5.18. The minimum absolute atomic E-state index is 0.183. The molecule has 0 aliphatic carbocycles. The van der Waals surface area contributed by atoms with Crippen LogP contribution >= 0.6 is 0 Å². The second kappa shape index (κ2) is 13.5. The van der Waals surface area contributed by atoms with Gasteiger partial charge in [0.25, 0.3) is 0 Å². The third-order valence-corrected chi connectivity index (χ3v) is 8.10. The molecule has 0 aliphatic heterocycles. The number of hydrogen-bond acceptors (Lipinski definition) is 0. The van der Waals surface area contributed by atoms with Gasteiger partial charge >= 0.3 is 41.0 Å². The molecule has 0 fully saturated rings. The third-order valence-electron chi connectivity index (χ3n) is 8.10. The van der Waals surface area contributed by atoms with Gasteiger partial charge in [0.1, 0.15) is 0 Å². The minimum atomic E-state index is 0.183. The molecule has 0 radical (unpaired) electrons. The van der Waals surface area contributed by atoms with Gasteiger partial charge in [-0.25, -0.2) is 0 Å². The quantitative estimate of drug-likeness (QED) is 0.118. The Bertz CT molecular complexity index is 1590. The van der Waals surface area contributed by atoms with Crippen LogP contribution in [0.25, 0.3) is 32.7 Å². The molecule has 0 saturated heterocycles. The summed E-state index contributed by atoms with van der Waals surface area (Å²) in [6.07, 6.45) is 0. The van der Waals surface area contributed by atoms with Crippen LogP contribution in [0.3, 0.4) is 0 Å². The molecule has 0 unspecified atom stereocenters. The van der Waals surface area contributed by atoms with Crippen molar-refractivity contribution in [3.63, 3.8) is 0 Å². The molecule has 0 aliphatic rings. The van der Waals surface area contributed by atoms with E-state index in [2.05, 4.69) is 182 Å². The van der Waals surface area contributed by atoms with Crippen molar-refractivity contribution in [1.82, 2.24) is 0 Å². The summed E-state index contributed by atoms with van der Waals surface area (Å²) in [6.45, 7) is 31.6. The Hall–Kier alpha value is -2.38. The topological polar surface area (TPSA) is 0 Å². The van der Waals surface area contributed by atoms with E-state index in [0.29, 0.717) is 0 Å². The monoisotopic (exact) mass is 752 g/mol. The molecule has 5 aromatic carbocycles. The second-order valence-electron chi connectivity index (χ2n) is 16.7. The average molecular weight is 751 g/mol. The molecule has 5 rings (SSSR count). The normalized spacial score (nSPS) is 12.5. The molecule has 0 nitrogen and oxygen atoms in total. The molecule has 1 heteroatoms. The van der Waals surface area contributed by atoms with Crippen molar-refractivity contribution in [3.05, 3.63) is 107 Å². The fraction of sp³-hybridized carbons (Fsp3) is 0.419. The number of hydrogen-bond donors (Lipinski definition) is 0. The van der Waals surface area contributed by atoms with Crippen molar-refractivity contribution >= 4 is 24.8 Å². The average Bonchev–Trinajstić information content (AvgIpc) is 3.54. The Kier molecular flexibility index (Phi) is 11.1.